The molecule has 10 aliphatic rings. The number of benzene rings is 4. The van der Waals surface area contributed by atoms with E-state index < -0.39 is 71.5 Å². The Morgan fingerprint density at radius 3 is 1.23 bits per heavy atom. The number of ketones is 1. The molecule has 0 radical (unpaired) electrons. The summed E-state index contributed by atoms with van der Waals surface area (Å²) in [5, 5.41) is 19.2. The molecule has 14 rings (SSSR count). The molecule has 9 N–H and O–H groups in total. The van der Waals surface area contributed by atoms with Gasteiger partial charge in [-0.3, -0.25) is 112 Å². The van der Waals surface area contributed by atoms with Gasteiger partial charge in [-0.2, -0.15) is 0 Å². The molecular formula is C76H81N14O25+. The summed E-state index contributed by atoms with van der Waals surface area (Å²) in [6, 6.07) is 17.2. The summed E-state index contributed by atoms with van der Waals surface area (Å²) < 4.78 is 8.76. The number of amides is 16. The highest BCUT2D eigenvalue weighted by Crippen LogP contribution is 2.38. The molecule has 0 aromatic heterocycles. The predicted molar refractivity (Wildman–Crippen MR) is 391 cm³/mol. The number of Topliss-reactive ketones (excluding diaryl/α,β-unsaturated/α-hetero) is 1. The number of hydrogen-bond acceptors (Lipinski definition) is 26. The number of fused-ring (bicyclic) bond motifs is 4. The van der Waals surface area contributed by atoms with Crippen LogP contribution in [0.1, 0.15) is 195 Å². The first kappa shape index (κ1) is 83.8. The number of cyclic esters (lactones) is 2. The SMILES string of the molecule is CC(=O)CCCC(=O)Nc1cccc2c1CN(C1CCC(=O)NC1=O)C2=O.Nc1cccc2c1CN(C1CCC(=O)NC1=O)[N+]2=O.O=C1CCC(N2Cc3c(NC(=O)CCCC(=O)ON4C(=O)CCC4=O)cccc3C2=O)C(=O)N1.O=C1CCCC(=O)O1.O=COCCCC(=O)Nc1cccc2c1CN(C1CCC(=O)NC1=O)C2=O. The first-order valence-corrected chi connectivity index (χ1v) is 37.0. The van der Waals surface area contributed by atoms with Gasteiger partial charge >= 0.3 is 17.9 Å². The van der Waals surface area contributed by atoms with Gasteiger partial charge in [0.15, 0.2) is 10.9 Å². The number of nitrogen functional groups attached to an aromatic ring is 1. The van der Waals surface area contributed by atoms with Crippen LogP contribution in [0.3, 0.4) is 0 Å². The first-order valence-electron chi connectivity index (χ1n) is 37.0. The smallest absolute Gasteiger partial charge is 0.333 e. The lowest BCUT2D eigenvalue weighted by Crippen LogP contribution is -2.52. The van der Waals surface area contributed by atoms with E-state index in [0.717, 1.165) is 5.56 Å². The number of piperidine rings is 4. The molecular weight excluding hydrogens is 1510 g/mol. The fourth-order valence-electron chi connectivity index (χ4n) is 13.9. The van der Waals surface area contributed by atoms with E-state index in [0.29, 0.717) is 123 Å². The van der Waals surface area contributed by atoms with Crippen molar-refractivity contribution in [3.8, 4) is 0 Å². The van der Waals surface area contributed by atoms with E-state index in [2.05, 4.69) is 46.7 Å². The number of ether oxygens (including phenoxy) is 2. The molecule has 4 aromatic rings. The molecule has 10 heterocycles. The predicted octanol–water partition coefficient (Wildman–Crippen LogP) is 2.10. The molecule has 16 amide bonds. The zero-order chi connectivity index (χ0) is 82.9. The van der Waals surface area contributed by atoms with Gasteiger partial charge in [0.25, 0.3) is 47.6 Å². The average molecular weight is 1590 g/mol. The number of nitrogens with two attached hydrogens (primary N) is 1. The maximum atomic E-state index is 12.8. The molecule has 4 aromatic carbocycles. The van der Waals surface area contributed by atoms with E-state index in [1.54, 1.807) is 72.8 Å². The quantitative estimate of drug-likeness (QED) is 0.0113. The van der Waals surface area contributed by atoms with Crippen LogP contribution in [-0.2, 0) is 127 Å². The highest BCUT2D eigenvalue weighted by molar-refractivity contribution is 6.10. The van der Waals surface area contributed by atoms with Crippen molar-refractivity contribution in [3.63, 3.8) is 0 Å². The summed E-state index contributed by atoms with van der Waals surface area (Å²) in [7, 11) is 0. The maximum Gasteiger partial charge on any atom is 0.333 e. The molecule has 4 atom stereocenters. The van der Waals surface area contributed by atoms with Crippen LogP contribution in [0.2, 0.25) is 0 Å². The van der Waals surface area contributed by atoms with Gasteiger partial charge in [0.2, 0.25) is 59.1 Å². The third kappa shape index (κ3) is 20.9. The molecule has 10 aliphatic heterocycles. The van der Waals surface area contributed by atoms with Crippen LogP contribution in [-0.4, -0.2) is 185 Å². The van der Waals surface area contributed by atoms with Crippen LogP contribution in [0, 0.1) is 4.91 Å². The van der Waals surface area contributed by atoms with Gasteiger partial charge in [0, 0.05) is 165 Å². The molecule has 39 heteroatoms. The van der Waals surface area contributed by atoms with Crippen molar-refractivity contribution in [2.45, 2.75) is 192 Å². The molecule has 0 spiro atoms. The van der Waals surface area contributed by atoms with Gasteiger partial charge in [0.05, 0.1) is 17.1 Å². The first-order chi connectivity index (χ1) is 55.0. The molecule has 0 aliphatic carbocycles. The third-order valence-corrected chi connectivity index (χ3v) is 19.7. The minimum Gasteiger partial charge on any atom is -0.468 e. The lowest BCUT2D eigenvalue weighted by Gasteiger charge is -2.29. The number of esters is 2. The van der Waals surface area contributed by atoms with Crippen molar-refractivity contribution < 1.29 is 120 Å². The molecule has 0 saturated carbocycles. The van der Waals surface area contributed by atoms with Gasteiger partial charge in [-0.15, -0.1) is 10.1 Å². The molecule has 115 heavy (non-hydrogen) atoms. The van der Waals surface area contributed by atoms with Crippen molar-refractivity contribution in [2.24, 2.45) is 0 Å². The van der Waals surface area contributed by atoms with E-state index in [1.807, 2.05) is 0 Å². The van der Waals surface area contributed by atoms with Crippen LogP contribution < -0.4 is 43.0 Å². The number of nitroso groups, excluding NO2 is 1. The van der Waals surface area contributed by atoms with Gasteiger partial charge in [0.1, 0.15) is 30.5 Å². The Morgan fingerprint density at radius 1 is 0.478 bits per heavy atom. The summed E-state index contributed by atoms with van der Waals surface area (Å²) in [5.74, 6) is -7.74. The van der Waals surface area contributed by atoms with E-state index in [4.69, 9.17) is 10.6 Å². The summed E-state index contributed by atoms with van der Waals surface area (Å²) >= 11 is 0. The fourth-order valence-corrected chi connectivity index (χ4v) is 13.9. The fraction of sp³-hybridized carbons (Fsp3) is 0.408. The minimum absolute atomic E-state index is 0.000604. The van der Waals surface area contributed by atoms with Gasteiger partial charge < -0.3 is 55.5 Å². The lowest BCUT2D eigenvalue weighted by atomic mass is 10.0. The Labute approximate surface area is 653 Å². The van der Waals surface area contributed by atoms with Crippen LogP contribution in [0.25, 0.3) is 0 Å². The van der Waals surface area contributed by atoms with E-state index in [-0.39, 0.29) is 194 Å². The Morgan fingerprint density at radius 2 is 0.861 bits per heavy atom. The standard InChI is InChI=1S/C22H22N4O8.C19H21N3O5.C18H19N3O6.C12H12N4O3.C5H6O3/c27-16(5-2-6-20(31)34-26-18(29)9-10-19(26)30)23-14-4-1-3-12-13(14)11-25(22(12)33)15-7-8-17(28)24-21(15)32;1-11(23)4-2-7-16(24)20-14-6-3-5-12-13(14)10-22(19(12)27)15-8-9-17(25)21-18(15)26;22-10-27-8-2-5-15(23)19-13-4-1-3-11-12(13)9-21(18(11)26)14-6-7-16(24)20-17(14)25;13-8-2-1-3-9-7(8)6-15(16(9)19)10-4-5-11(17)14-12(10)18;6-4-2-1-3-5(7)8-4/h1,3-4,15H,2,5-11H2,(H,23,27)(H,24,28,32);3,5-6,15H,2,4,7-10H2,1H3,(H,20,24)(H,21,25,26);1,3-4,10,14H,2,5-9H2,(H,19,23)(H,20,24,25);1-3,10H,4-6,13H2;1-3H2/p+1. The Kier molecular flexibility index (Phi) is 27.7. The molecule has 39 nitrogen and oxygen atoms in total. The zero-order valence-corrected chi connectivity index (χ0v) is 62.2. The van der Waals surface area contributed by atoms with Crippen molar-refractivity contribution in [3.05, 3.63) is 117 Å². The summed E-state index contributed by atoms with van der Waals surface area (Å²) in [4.78, 5) is 267. The van der Waals surface area contributed by atoms with Crippen molar-refractivity contribution in [2.75, 3.05) is 28.3 Å². The number of nitrogens with zero attached hydrogens (tertiary/aromatic N) is 6. The number of carbonyl (C=O) groups is 21. The molecule has 604 valence electrons. The van der Waals surface area contributed by atoms with Crippen molar-refractivity contribution in [1.82, 2.24) is 46.0 Å². The number of hydroxylamine groups is 2. The number of rotatable bonds is 21. The number of anilines is 4. The normalized spacial score (nSPS) is 19.9. The highest BCUT2D eigenvalue weighted by Gasteiger charge is 2.48. The summed E-state index contributed by atoms with van der Waals surface area (Å²) in [5.41, 5.74) is 12.1. The van der Waals surface area contributed by atoms with Crippen molar-refractivity contribution >= 4 is 153 Å². The molecule has 6 fully saturated rings. The maximum absolute atomic E-state index is 12.8. The minimum atomic E-state index is -0.789. The van der Waals surface area contributed by atoms with E-state index >= 15 is 0 Å². The van der Waals surface area contributed by atoms with Crippen LogP contribution >= 0.6 is 0 Å². The Hall–Kier alpha value is -13.7. The molecule has 0 bridgehead atoms. The number of hydrogen-bond donors (Lipinski definition) is 8. The van der Waals surface area contributed by atoms with Crippen LogP contribution in [0.5, 0.6) is 0 Å². The summed E-state index contributed by atoms with van der Waals surface area (Å²) in [6.45, 7) is 2.76. The lowest BCUT2D eigenvalue weighted by molar-refractivity contribution is -0.640. The van der Waals surface area contributed by atoms with Crippen LogP contribution in [0.15, 0.2) is 72.8 Å². The summed E-state index contributed by atoms with van der Waals surface area (Å²) in [6.07, 6.45) is 4.86. The zero-order valence-electron chi connectivity index (χ0n) is 62.2. The highest BCUT2D eigenvalue weighted by atomic mass is 16.7. The number of imide groups is 5. The van der Waals surface area contributed by atoms with Gasteiger partial charge in [-0.05, 0) is 101 Å². The largest absolute Gasteiger partial charge is 0.468 e. The second-order valence-electron chi connectivity index (χ2n) is 27.7. The Balaban J connectivity index is 0.000000159. The topological polar surface area (TPSA) is 533 Å². The second kappa shape index (κ2) is 38.0. The van der Waals surface area contributed by atoms with Gasteiger partial charge in [-0.1, -0.05) is 24.3 Å². The second-order valence-corrected chi connectivity index (χ2v) is 27.7. The van der Waals surface area contributed by atoms with Gasteiger partial charge in [-0.25, -0.2) is 4.79 Å². The van der Waals surface area contributed by atoms with E-state index in [1.165, 1.54) is 26.6 Å². The average Bonchev–Trinajstić information content (AvgIpc) is 1.64. The van der Waals surface area contributed by atoms with Crippen LogP contribution in [0.4, 0.5) is 28.4 Å². The number of hydrazine groups is 1. The van der Waals surface area contributed by atoms with Crippen molar-refractivity contribution in [1.29, 1.82) is 0 Å². The van der Waals surface area contributed by atoms with E-state index in [9.17, 15) is 106 Å². The number of nitrogens with one attached hydrogen (secondary N) is 7. The number of carbonyl (C=O) groups excluding carboxylic acids is 21. The monoisotopic (exact) mass is 1590 g/mol. The molecule has 4 unspecified atom stereocenters. The molecule has 6 saturated heterocycles. The Bertz CT molecular complexity index is 4720. The third-order valence-electron chi connectivity index (χ3n) is 19.7.